The maximum atomic E-state index is 12.6. The van der Waals surface area contributed by atoms with Gasteiger partial charge in [-0.25, -0.2) is 0 Å². The van der Waals surface area contributed by atoms with Gasteiger partial charge >= 0.3 is 0 Å². The lowest BCUT2D eigenvalue weighted by molar-refractivity contribution is 0.0996. The molecular formula is C22H23BrN2O2S. The number of aryl methyl sites for hydroxylation is 1. The van der Waals surface area contributed by atoms with Crippen LogP contribution in [-0.2, 0) is 0 Å². The van der Waals surface area contributed by atoms with Crippen LogP contribution < -0.4 is 5.32 Å². The molecule has 3 aromatic rings. The van der Waals surface area contributed by atoms with Crippen LogP contribution in [-0.4, -0.2) is 23.9 Å². The molecule has 0 bridgehead atoms. The number of anilines is 1. The maximum absolute atomic E-state index is 12.6. The molecule has 1 aliphatic rings. The standard InChI is InChI=1S/C22H23BrN2O2S/c1-15-13-18(22(28-15)24-21(26)19-9-6-12-27-19)20(25-10-3-2-4-11-25)16-7-5-8-17(23)14-16/h5-9,12-14,20H,2-4,10-11H2,1H3,(H,24,26)/t20-/m1/s1. The normalized spacial score (nSPS) is 16.1. The number of likely N-dealkylation sites (tertiary alicyclic amines) is 1. The van der Waals surface area contributed by atoms with Crippen molar-refractivity contribution in [3.05, 3.63) is 75.0 Å². The third-order valence-electron chi connectivity index (χ3n) is 5.07. The topological polar surface area (TPSA) is 45.5 Å². The number of hydrogen-bond donors (Lipinski definition) is 1. The number of carbonyl (C=O) groups excluding carboxylic acids is 1. The minimum atomic E-state index is -0.209. The number of thiophene rings is 1. The Morgan fingerprint density at radius 1 is 1.18 bits per heavy atom. The third-order valence-corrected chi connectivity index (χ3v) is 6.55. The quantitative estimate of drug-likeness (QED) is 0.491. The van der Waals surface area contributed by atoms with Gasteiger partial charge in [-0.1, -0.05) is 34.5 Å². The zero-order valence-electron chi connectivity index (χ0n) is 15.8. The van der Waals surface area contributed by atoms with Crippen LogP contribution in [0.2, 0.25) is 0 Å². The van der Waals surface area contributed by atoms with Gasteiger partial charge < -0.3 is 9.73 Å². The maximum Gasteiger partial charge on any atom is 0.291 e. The molecule has 0 aliphatic carbocycles. The van der Waals surface area contributed by atoms with E-state index in [9.17, 15) is 4.79 Å². The summed E-state index contributed by atoms with van der Waals surface area (Å²) in [6.07, 6.45) is 5.23. The SMILES string of the molecule is Cc1cc([C@@H](c2cccc(Br)c2)N2CCCCC2)c(NC(=O)c2ccco2)s1. The van der Waals surface area contributed by atoms with Crippen LogP contribution in [0.5, 0.6) is 0 Å². The zero-order valence-corrected chi connectivity index (χ0v) is 18.2. The fourth-order valence-corrected chi connectivity index (χ4v) is 5.20. The number of halogens is 1. The first-order chi connectivity index (χ1) is 13.6. The van der Waals surface area contributed by atoms with Crippen molar-refractivity contribution < 1.29 is 9.21 Å². The Kier molecular flexibility index (Phi) is 5.99. The van der Waals surface area contributed by atoms with E-state index in [0.717, 1.165) is 28.1 Å². The minimum absolute atomic E-state index is 0.120. The van der Waals surface area contributed by atoms with Gasteiger partial charge in [0.2, 0.25) is 0 Å². The lowest BCUT2D eigenvalue weighted by Gasteiger charge is -2.35. The molecule has 1 atom stereocenters. The van der Waals surface area contributed by atoms with Gasteiger partial charge in [0.05, 0.1) is 12.3 Å². The molecule has 1 aliphatic heterocycles. The van der Waals surface area contributed by atoms with Crippen molar-refractivity contribution in [1.82, 2.24) is 4.90 Å². The summed E-state index contributed by atoms with van der Waals surface area (Å²) < 4.78 is 6.34. The highest BCUT2D eigenvalue weighted by molar-refractivity contribution is 9.10. The predicted octanol–water partition coefficient (Wildman–Crippen LogP) is 6.24. The molecule has 1 N–H and O–H groups in total. The molecular weight excluding hydrogens is 436 g/mol. The summed E-state index contributed by atoms with van der Waals surface area (Å²) in [7, 11) is 0. The highest BCUT2D eigenvalue weighted by Gasteiger charge is 2.28. The number of nitrogens with one attached hydrogen (secondary N) is 1. The Morgan fingerprint density at radius 2 is 2.00 bits per heavy atom. The number of hydrogen-bond acceptors (Lipinski definition) is 4. The fraction of sp³-hybridized carbons (Fsp3) is 0.318. The molecule has 0 spiro atoms. The summed E-state index contributed by atoms with van der Waals surface area (Å²) in [6, 6.07) is 14.2. The van der Waals surface area contributed by atoms with Crippen LogP contribution in [0.1, 0.15) is 51.9 Å². The Labute approximate surface area is 177 Å². The van der Waals surface area contributed by atoms with E-state index in [1.165, 1.54) is 36.0 Å². The molecule has 28 heavy (non-hydrogen) atoms. The highest BCUT2D eigenvalue weighted by atomic mass is 79.9. The minimum Gasteiger partial charge on any atom is -0.459 e. The van der Waals surface area contributed by atoms with Gasteiger partial charge in [0.15, 0.2) is 5.76 Å². The van der Waals surface area contributed by atoms with Crippen LogP contribution >= 0.6 is 27.3 Å². The molecule has 1 saturated heterocycles. The van der Waals surface area contributed by atoms with Crippen molar-refractivity contribution in [2.45, 2.75) is 32.2 Å². The first-order valence-electron chi connectivity index (χ1n) is 9.56. The molecule has 1 aromatic carbocycles. The van der Waals surface area contributed by atoms with E-state index in [2.05, 4.69) is 63.4 Å². The van der Waals surface area contributed by atoms with Crippen molar-refractivity contribution in [3.63, 3.8) is 0 Å². The summed E-state index contributed by atoms with van der Waals surface area (Å²) >= 11 is 5.24. The number of nitrogens with zero attached hydrogens (tertiary/aromatic N) is 1. The number of benzene rings is 1. The molecule has 146 valence electrons. The van der Waals surface area contributed by atoms with Crippen molar-refractivity contribution in [1.29, 1.82) is 0 Å². The second-order valence-corrected chi connectivity index (χ2v) is 9.30. The van der Waals surface area contributed by atoms with E-state index in [0.29, 0.717) is 5.76 Å². The largest absolute Gasteiger partial charge is 0.459 e. The summed E-state index contributed by atoms with van der Waals surface area (Å²) in [6.45, 7) is 4.22. The molecule has 0 saturated carbocycles. The smallest absolute Gasteiger partial charge is 0.291 e. The second kappa shape index (κ2) is 8.64. The molecule has 1 fully saturated rings. The van der Waals surface area contributed by atoms with Gasteiger partial charge in [-0.2, -0.15) is 0 Å². The zero-order chi connectivity index (χ0) is 19.5. The summed E-state index contributed by atoms with van der Waals surface area (Å²) in [4.78, 5) is 16.3. The monoisotopic (exact) mass is 458 g/mol. The van der Waals surface area contributed by atoms with Crippen molar-refractivity contribution in [2.75, 3.05) is 18.4 Å². The highest BCUT2D eigenvalue weighted by Crippen LogP contribution is 2.40. The first-order valence-corrected chi connectivity index (χ1v) is 11.2. The number of carbonyl (C=O) groups is 1. The summed E-state index contributed by atoms with van der Waals surface area (Å²) in [5, 5.41) is 3.98. The fourth-order valence-electron chi connectivity index (χ4n) is 3.85. The Morgan fingerprint density at radius 3 is 2.71 bits per heavy atom. The number of piperidine rings is 1. The molecule has 3 heterocycles. The summed E-state index contributed by atoms with van der Waals surface area (Å²) in [5.41, 5.74) is 2.39. The van der Waals surface area contributed by atoms with E-state index in [1.807, 2.05) is 0 Å². The molecule has 1 amide bonds. The lowest BCUT2D eigenvalue weighted by Crippen LogP contribution is -2.34. The van der Waals surface area contributed by atoms with E-state index in [4.69, 9.17) is 4.42 Å². The molecule has 4 nitrogen and oxygen atoms in total. The van der Waals surface area contributed by atoms with Crippen LogP contribution in [0.25, 0.3) is 0 Å². The molecule has 2 aromatic heterocycles. The van der Waals surface area contributed by atoms with Gasteiger partial charge in [0.25, 0.3) is 5.91 Å². The summed E-state index contributed by atoms with van der Waals surface area (Å²) in [5.74, 6) is 0.119. The number of rotatable bonds is 5. The average Bonchev–Trinajstić information content (AvgIpc) is 3.34. The van der Waals surface area contributed by atoms with Crippen LogP contribution in [0.3, 0.4) is 0 Å². The molecule has 6 heteroatoms. The van der Waals surface area contributed by atoms with Crippen LogP contribution in [0.15, 0.2) is 57.6 Å². The van der Waals surface area contributed by atoms with E-state index < -0.39 is 0 Å². The van der Waals surface area contributed by atoms with Crippen molar-refractivity contribution >= 4 is 38.2 Å². The van der Waals surface area contributed by atoms with Gasteiger partial charge in [-0.15, -0.1) is 11.3 Å². The molecule has 4 rings (SSSR count). The first kappa shape index (κ1) is 19.4. The van der Waals surface area contributed by atoms with E-state index in [-0.39, 0.29) is 11.9 Å². The lowest BCUT2D eigenvalue weighted by atomic mass is 9.96. The number of amides is 1. The average molecular weight is 459 g/mol. The molecule has 0 radical (unpaired) electrons. The van der Waals surface area contributed by atoms with Gasteiger partial charge in [0.1, 0.15) is 5.00 Å². The molecule has 0 unspecified atom stereocenters. The Balaban J connectivity index is 1.72. The van der Waals surface area contributed by atoms with Crippen molar-refractivity contribution in [2.24, 2.45) is 0 Å². The van der Waals surface area contributed by atoms with E-state index >= 15 is 0 Å². The van der Waals surface area contributed by atoms with Gasteiger partial charge in [-0.05, 0) is 68.8 Å². The number of furan rings is 1. The predicted molar refractivity (Wildman–Crippen MR) is 117 cm³/mol. The van der Waals surface area contributed by atoms with E-state index in [1.54, 1.807) is 23.5 Å². The van der Waals surface area contributed by atoms with Crippen molar-refractivity contribution in [3.8, 4) is 0 Å². The van der Waals surface area contributed by atoms with Crippen LogP contribution in [0, 0.1) is 6.92 Å². The third kappa shape index (κ3) is 4.24. The second-order valence-electron chi connectivity index (χ2n) is 7.13. The Hall–Kier alpha value is -1.89. The van der Waals surface area contributed by atoms with Gasteiger partial charge in [-0.3, -0.25) is 9.69 Å². The van der Waals surface area contributed by atoms with Crippen LogP contribution in [0.4, 0.5) is 5.00 Å². The Bertz CT molecular complexity index is 945. The van der Waals surface area contributed by atoms with Gasteiger partial charge in [0, 0.05) is 14.9 Å².